The van der Waals surface area contributed by atoms with Crippen molar-refractivity contribution in [2.75, 3.05) is 5.75 Å². The Balaban J connectivity index is 4.02. The van der Waals surface area contributed by atoms with Gasteiger partial charge >= 0.3 is 5.97 Å². The summed E-state index contributed by atoms with van der Waals surface area (Å²) >= 11 is 7.82. The van der Waals surface area contributed by atoms with Crippen LogP contribution in [0.15, 0.2) is 0 Å². The van der Waals surface area contributed by atoms with Gasteiger partial charge in [-0.2, -0.15) is 5.26 Å². The van der Waals surface area contributed by atoms with Gasteiger partial charge in [-0.05, 0) is 13.3 Å². The molecule has 0 aromatic heterocycles. The molecule has 0 amide bonds. The van der Waals surface area contributed by atoms with Gasteiger partial charge in [-0.3, -0.25) is 4.79 Å². The lowest BCUT2D eigenvalue weighted by Gasteiger charge is -2.19. The smallest absolute Gasteiger partial charge is 0.304 e. The molecule has 90 valence electrons. The highest BCUT2D eigenvalue weighted by Crippen LogP contribution is 2.34. The van der Waals surface area contributed by atoms with Crippen LogP contribution in [0.3, 0.4) is 0 Å². The molecule has 0 radical (unpaired) electrons. The van der Waals surface area contributed by atoms with E-state index in [1.54, 1.807) is 0 Å². The van der Waals surface area contributed by atoms with E-state index in [-0.39, 0.29) is 6.42 Å². The highest BCUT2D eigenvalue weighted by atomic mass is 32.2. The van der Waals surface area contributed by atoms with E-state index in [1.165, 1.54) is 23.5 Å². The molecule has 6 heteroatoms. The quantitative estimate of drug-likeness (QED) is 0.752. The third-order valence-corrected chi connectivity index (χ3v) is 4.57. The lowest BCUT2D eigenvalue weighted by molar-refractivity contribution is -0.136. The number of nitrogens with zero attached hydrogens (tertiary/aromatic N) is 1. The normalized spacial score (nSPS) is 13.8. The summed E-state index contributed by atoms with van der Waals surface area (Å²) in [7, 11) is 0. The molecule has 0 aromatic rings. The maximum Gasteiger partial charge on any atom is 0.304 e. The fourth-order valence-electron chi connectivity index (χ4n) is 1.04. The fourth-order valence-corrected chi connectivity index (χ4v) is 4.04. The number of nitriles is 1. The molecular weight excluding hydrogens is 262 g/mol. The number of thioether (sulfide) groups is 2. The molecule has 0 aliphatic carbocycles. The minimum atomic E-state index is -0.822. The van der Waals surface area contributed by atoms with E-state index in [4.69, 9.17) is 22.6 Å². The molecule has 0 saturated carbocycles. The molecule has 0 aliphatic heterocycles. The molecule has 1 atom stereocenters. The van der Waals surface area contributed by atoms with E-state index in [0.29, 0.717) is 9.28 Å². The second-order valence-electron chi connectivity index (χ2n) is 3.44. The number of carboxylic acid groups (broad SMARTS) is 1. The van der Waals surface area contributed by atoms with Crippen LogP contribution in [-0.4, -0.2) is 25.1 Å². The fraction of sp³-hybridized carbons (Fsp3) is 0.700. The molecule has 0 saturated heterocycles. The topological polar surface area (TPSA) is 61.1 Å². The zero-order valence-corrected chi connectivity index (χ0v) is 11.8. The Kier molecular flexibility index (Phi) is 7.81. The van der Waals surface area contributed by atoms with Crippen LogP contribution >= 0.6 is 35.7 Å². The largest absolute Gasteiger partial charge is 0.481 e. The summed E-state index contributed by atoms with van der Waals surface area (Å²) in [4.78, 5) is 10.3. The number of thiocarbonyl (C=S) groups is 1. The van der Waals surface area contributed by atoms with Crippen molar-refractivity contribution in [2.45, 2.75) is 37.9 Å². The summed E-state index contributed by atoms with van der Waals surface area (Å²) < 4.78 is 0.168. The first-order valence-electron chi connectivity index (χ1n) is 4.92. The molecule has 1 N–H and O–H groups in total. The Hall–Kier alpha value is -0.250. The Morgan fingerprint density at radius 1 is 1.62 bits per heavy atom. The van der Waals surface area contributed by atoms with Gasteiger partial charge in [0.25, 0.3) is 0 Å². The van der Waals surface area contributed by atoms with Crippen molar-refractivity contribution in [2.24, 2.45) is 0 Å². The molecule has 1 unspecified atom stereocenters. The van der Waals surface area contributed by atoms with Crippen molar-refractivity contribution in [1.29, 1.82) is 5.26 Å². The standard InChI is InChI=1S/C10H15NO2S3/c1-3-5-10(2,7-11)16-9(14)15-6-4-8(12)13/h3-6H2,1-2H3,(H,12,13). The maximum atomic E-state index is 10.3. The SMILES string of the molecule is CCCC(C)(C#N)SC(=S)SCCC(=O)O. The van der Waals surface area contributed by atoms with Gasteiger partial charge in [0.15, 0.2) is 0 Å². The molecular formula is C10H15NO2S3. The van der Waals surface area contributed by atoms with Crippen molar-refractivity contribution >= 4 is 45.2 Å². The van der Waals surface area contributed by atoms with Gasteiger partial charge in [0.05, 0.1) is 12.5 Å². The average Bonchev–Trinajstić information content (AvgIpc) is 2.17. The van der Waals surface area contributed by atoms with Crippen molar-refractivity contribution in [3.63, 3.8) is 0 Å². The van der Waals surface area contributed by atoms with Crippen LogP contribution in [0.2, 0.25) is 0 Å². The minimum Gasteiger partial charge on any atom is -0.481 e. The van der Waals surface area contributed by atoms with E-state index < -0.39 is 10.7 Å². The van der Waals surface area contributed by atoms with Crippen LogP contribution in [0.1, 0.15) is 33.1 Å². The Morgan fingerprint density at radius 2 is 2.25 bits per heavy atom. The Bertz CT molecular complexity index is 301. The second kappa shape index (κ2) is 7.93. The van der Waals surface area contributed by atoms with Gasteiger partial charge < -0.3 is 5.11 Å². The number of aliphatic carboxylic acids is 1. The summed E-state index contributed by atoms with van der Waals surface area (Å²) in [6.07, 6.45) is 1.82. The second-order valence-corrected chi connectivity index (χ2v) is 7.24. The first-order valence-corrected chi connectivity index (χ1v) is 7.13. The van der Waals surface area contributed by atoms with Crippen molar-refractivity contribution in [1.82, 2.24) is 0 Å². The van der Waals surface area contributed by atoms with Crippen LogP contribution < -0.4 is 0 Å². The van der Waals surface area contributed by atoms with Gasteiger partial charge in [0, 0.05) is 5.75 Å². The molecule has 0 bridgehead atoms. The summed E-state index contributed by atoms with van der Waals surface area (Å²) in [5, 5.41) is 17.5. The summed E-state index contributed by atoms with van der Waals surface area (Å²) in [6, 6.07) is 2.26. The van der Waals surface area contributed by atoms with Gasteiger partial charge in [0.2, 0.25) is 0 Å². The molecule has 16 heavy (non-hydrogen) atoms. The monoisotopic (exact) mass is 277 g/mol. The van der Waals surface area contributed by atoms with Crippen LogP contribution in [0.5, 0.6) is 0 Å². The maximum absolute atomic E-state index is 10.3. The number of hydrogen-bond donors (Lipinski definition) is 1. The summed E-state index contributed by atoms with van der Waals surface area (Å²) in [6.45, 7) is 3.89. The zero-order valence-electron chi connectivity index (χ0n) is 9.36. The number of hydrogen-bond acceptors (Lipinski definition) is 5. The van der Waals surface area contributed by atoms with Crippen molar-refractivity contribution in [3.05, 3.63) is 0 Å². The molecule has 0 aliphatic rings. The molecule has 0 spiro atoms. The number of carboxylic acids is 1. The lowest BCUT2D eigenvalue weighted by atomic mass is 10.1. The molecule has 0 heterocycles. The van der Waals surface area contributed by atoms with Crippen LogP contribution in [0.25, 0.3) is 0 Å². The first kappa shape index (κ1) is 15.8. The van der Waals surface area contributed by atoms with Gasteiger partial charge in [0.1, 0.15) is 8.28 Å². The molecule has 0 fully saturated rings. The van der Waals surface area contributed by atoms with Crippen molar-refractivity contribution < 1.29 is 9.90 Å². The van der Waals surface area contributed by atoms with Gasteiger partial charge in [-0.15, -0.1) is 11.8 Å². The highest BCUT2D eigenvalue weighted by Gasteiger charge is 2.25. The van der Waals surface area contributed by atoms with E-state index in [1.807, 2.05) is 13.8 Å². The van der Waals surface area contributed by atoms with Crippen LogP contribution in [0, 0.1) is 11.3 Å². The van der Waals surface area contributed by atoms with Crippen LogP contribution in [0.4, 0.5) is 0 Å². The van der Waals surface area contributed by atoms with E-state index >= 15 is 0 Å². The van der Waals surface area contributed by atoms with Crippen LogP contribution in [-0.2, 0) is 4.79 Å². The zero-order chi connectivity index (χ0) is 12.6. The number of rotatable bonds is 6. The van der Waals surface area contributed by atoms with E-state index in [9.17, 15) is 4.79 Å². The third-order valence-electron chi connectivity index (χ3n) is 1.81. The van der Waals surface area contributed by atoms with E-state index in [0.717, 1.165) is 12.8 Å². The first-order chi connectivity index (χ1) is 7.43. The Labute approximate surface area is 110 Å². The minimum absolute atomic E-state index is 0.0996. The number of carbonyl (C=O) groups is 1. The Morgan fingerprint density at radius 3 is 2.69 bits per heavy atom. The lowest BCUT2D eigenvalue weighted by Crippen LogP contribution is -2.18. The summed E-state index contributed by atoms with van der Waals surface area (Å²) in [5.41, 5.74) is 0. The average molecular weight is 277 g/mol. The predicted octanol–water partition coefficient (Wildman–Crippen LogP) is 3.29. The van der Waals surface area contributed by atoms with Gasteiger partial charge in [-0.25, -0.2) is 0 Å². The summed E-state index contributed by atoms with van der Waals surface area (Å²) in [5.74, 6) is -0.355. The predicted molar refractivity (Wildman–Crippen MR) is 73.8 cm³/mol. The molecule has 0 rings (SSSR count). The third kappa shape index (κ3) is 7.09. The van der Waals surface area contributed by atoms with Crippen molar-refractivity contribution in [3.8, 4) is 6.07 Å². The van der Waals surface area contributed by atoms with Gasteiger partial charge in [-0.1, -0.05) is 37.3 Å². The molecule has 0 aromatic carbocycles. The van der Waals surface area contributed by atoms with E-state index in [2.05, 4.69) is 6.07 Å². The molecule has 3 nitrogen and oxygen atoms in total. The highest BCUT2D eigenvalue weighted by molar-refractivity contribution is 8.47.